The summed E-state index contributed by atoms with van der Waals surface area (Å²) in [5.41, 5.74) is 6.17. The van der Waals surface area contributed by atoms with Crippen molar-refractivity contribution in [2.75, 3.05) is 5.32 Å². The molecule has 0 saturated carbocycles. The van der Waals surface area contributed by atoms with Gasteiger partial charge >= 0.3 is 0 Å². The minimum Gasteiger partial charge on any atom is -0.373 e. The van der Waals surface area contributed by atoms with E-state index in [1.807, 2.05) is 13.0 Å². The van der Waals surface area contributed by atoms with E-state index in [2.05, 4.69) is 5.32 Å². The number of nitriles is 1. The summed E-state index contributed by atoms with van der Waals surface area (Å²) in [6.45, 7) is 1.83. The van der Waals surface area contributed by atoms with E-state index in [1.54, 1.807) is 18.2 Å². The number of halogens is 1. The van der Waals surface area contributed by atoms with Gasteiger partial charge in [0, 0.05) is 5.02 Å². The third-order valence-corrected chi connectivity index (χ3v) is 2.42. The van der Waals surface area contributed by atoms with Crippen molar-refractivity contribution in [2.45, 2.75) is 19.4 Å². The minimum atomic E-state index is -0.495. The Morgan fingerprint density at radius 2 is 2.38 bits per heavy atom. The number of rotatable bonds is 4. The molecule has 1 unspecified atom stereocenters. The molecule has 0 saturated heterocycles. The Morgan fingerprint density at radius 1 is 1.69 bits per heavy atom. The van der Waals surface area contributed by atoms with Crippen LogP contribution in [-0.4, -0.2) is 11.9 Å². The summed E-state index contributed by atoms with van der Waals surface area (Å²) < 4.78 is 0. The van der Waals surface area contributed by atoms with Gasteiger partial charge in [-0.25, -0.2) is 0 Å². The lowest BCUT2D eigenvalue weighted by Crippen LogP contribution is -2.34. The Kier molecular flexibility index (Phi) is 4.15. The van der Waals surface area contributed by atoms with Crippen LogP contribution in [0.4, 0.5) is 5.69 Å². The number of carbonyl (C=O) groups is 1. The standard InChI is InChI=1S/C11H12ClN3O/c1-2-9(11(14)16)15-10-5-8(12)4-3-7(10)6-13/h3-5,9,15H,2H2,1H3,(H2,14,16). The summed E-state index contributed by atoms with van der Waals surface area (Å²) in [7, 11) is 0. The van der Waals surface area contributed by atoms with Gasteiger partial charge in [-0.15, -0.1) is 0 Å². The number of nitrogens with zero attached hydrogens (tertiary/aromatic N) is 1. The molecular weight excluding hydrogens is 226 g/mol. The quantitative estimate of drug-likeness (QED) is 0.839. The molecule has 3 N–H and O–H groups in total. The van der Waals surface area contributed by atoms with Gasteiger partial charge in [0.05, 0.1) is 11.3 Å². The Labute approximate surface area is 99.0 Å². The molecule has 0 spiro atoms. The zero-order valence-electron chi connectivity index (χ0n) is 8.83. The monoisotopic (exact) mass is 237 g/mol. The van der Waals surface area contributed by atoms with Gasteiger partial charge in [-0.2, -0.15) is 5.26 Å². The van der Waals surface area contributed by atoms with E-state index in [-0.39, 0.29) is 0 Å². The first kappa shape index (κ1) is 12.3. The van der Waals surface area contributed by atoms with Gasteiger partial charge in [0.1, 0.15) is 12.1 Å². The van der Waals surface area contributed by atoms with E-state index in [0.717, 1.165) is 0 Å². The van der Waals surface area contributed by atoms with Gasteiger partial charge in [0.2, 0.25) is 5.91 Å². The molecule has 0 aliphatic carbocycles. The van der Waals surface area contributed by atoms with Crippen LogP contribution in [0.25, 0.3) is 0 Å². The molecule has 1 atom stereocenters. The van der Waals surface area contributed by atoms with Gasteiger partial charge in [0.25, 0.3) is 0 Å². The molecule has 84 valence electrons. The Balaban J connectivity index is 2.99. The topological polar surface area (TPSA) is 78.9 Å². The number of primary amides is 1. The lowest BCUT2D eigenvalue weighted by Gasteiger charge is -2.15. The maximum absolute atomic E-state index is 11.1. The van der Waals surface area contributed by atoms with Crippen molar-refractivity contribution in [1.29, 1.82) is 5.26 Å². The molecule has 1 amide bonds. The molecular formula is C11H12ClN3O. The Morgan fingerprint density at radius 3 is 2.88 bits per heavy atom. The summed E-state index contributed by atoms with van der Waals surface area (Å²) >= 11 is 5.81. The maximum Gasteiger partial charge on any atom is 0.239 e. The fourth-order valence-corrected chi connectivity index (χ4v) is 1.47. The summed E-state index contributed by atoms with van der Waals surface area (Å²) in [6.07, 6.45) is 0.548. The van der Waals surface area contributed by atoms with Crippen LogP contribution in [0, 0.1) is 11.3 Å². The second-order valence-electron chi connectivity index (χ2n) is 3.31. The molecule has 0 bridgehead atoms. The normalized spacial score (nSPS) is 11.6. The minimum absolute atomic E-state index is 0.434. The van der Waals surface area contributed by atoms with Gasteiger partial charge in [-0.05, 0) is 24.6 Å². The van der Waals surface area contributed by atoms with E-state index in [1.165, 1.54) is 0 Å². The molecule has 4 nitrogen and oxygen atoms in total. The molecule has 0 aliphatic heterocycles. The number of nitrogens with one attached hydrogen (secondary N) is 1. The highest BCUT2D eigenvalue weighted by molar-refractivity contribution is 6.30. The number of benzene rings is 1. The lowest BCUT2D eigenvalue weighted by molar-refractivity contribution is -0.118. The fraction of sp³-hybridized carbons (Fsp3) is 0.273. The SMILES string of the molecule is CCC(Nc1cc(Cl)ccc1C#N)C(N)=O. The summed E-state index contributed by atoms with van der Waals surface area (Å²) in [5, 5.41) is 12.3. The molecule has 0 fully saturated rings. The predicted molar refractivity (Wildman–Crippen MR) is 63.1 cm³/mol. The average molecular weight is 238 g/mol. The van der Waals surface area contributed by atoms with Crippen LogP contribution < -0.4 is 11.1 Å². The van der Waals surface area contributed by atoms with Crippen molar-refractivity contribution < 1.29 is 4.79 Å². The van der Waals surface area contributed by atoms with Crippen LogP contribution in [0.3, 0.4) is 0 Å². The number of carbonyl (C=O) groups excluding carboxylic acids is 1. The van der Waals surface area contributed by atoms with Crippen LogP contribution in [0.1, 0.15) is 18.9 Å². The van der Waals surface area contributed by atoms with Crippen LogP contribution >= 0.6 is 11.6 Å². The summed E-state index contributed by atoms with van der Waals surface area (Å²) in [5.74, 6) is -0.452. The zero-order valence-corrected chi connectivity index (χ0v) is 9.58. The largest absolute Gasteiger partial charge is 0.373 e. The highest BCUT2D eigenvalue weighted by Crippen LogP contribution is 2.21. The van der Waals surface area contributed by atoms with E-state index in [4.69, 9.17) is 22.6 Å². The molecule has 1 rings (SSSR count). The van der Waals surface area contributed by atoms with Gasteiger partial charge in [0.15, 0.2) is 0 Å². The summed E-state index contributed by atoms with van der Waals surface area (Å²) in [4.78, 5) is 11.1. The van der Waals surface area contributed by atoms with E-state index in [0.29, 0.717) is 22.7 Å². The third-order valence-electron chi connectivity index (χ3n) is 2.18. The molecule has 5 heteroatoms. The first-order chi connectivity index (χ1) is 7.58. The van der Waals surface area contributed by atoms with Crippen molar-refractivity contribution in [2.24, 2.45) is 5.73 Å². The van der Waals surface area contributed by atoms with Gasteiger partial charge in [-0.3, -0.25) is 4.79 Å². The van der Waals surface area contributed by atoms with E-state index in [9.17, 15) is 4.79 Å². The van der Waals surface area contributed by atoms with Gasteiger partial charge < -0.3 is 11.1 Å². The molecule has 0 radical (unpaired) electrons. The molecule has 1 aromatic carbocycles. The Hall–Kier alpha value is -1.73. The van der Waals surface area contributed by atoms with Crippen molar-refractivity contribution in [3.63, 3.8) is 0 Å². The smallest absolute Gasteiger partial charge is 0.239 e. The van der Waals surface area contributed by atoms with Crippen LogP contribution in [0.2, 0.25) is 5.02 Å². The van der Waals surface area contributed by atoms with Crippen LogP contribution in [-0.2, 0) is 4.79 Å². The first-order valence-corrected chi connectivity index (χ1v) is 5.21. The molecule has 1 aromatic rings. The highest BCUT2D eigenvalue weighted by atomic mass is 35.5. The van der Waals surface area contributed by atoms with Crippen molar-refractivity contribution >= 4 is 23.2 Å². The zero-order chi connectivity index (χ0) is 12.1. The third kappa shape index (κ3) is 2.88. The molecule has 0 heterocycles. The molecule has 0 aromatic heterocycles. The number of anilines is 1. The summed E-state index contributed by atoms with van der Waals surface area (Å²) in [6, 6.07) is 6.34. The van der Waals surface area contributed by atoms with Crippen molar-refractivity contribution in [3.8, 4) is 6.07 Å². The van der Waals surface area contributed by atoms with E-state index < -0.39 is 11.9 Å². The van der Waals surface area contributed by atoms with Crippen LogP contribution in [0.15, 0.2) is 18.2 Å². The maximum atomic E-state index is 11.1. The lowest BCUT2D eigenvalue weighted by atomic mass is 10.1. The van der Waals surface area contributed by atoms with E-state index >= 15 is 0 Å². The Bertz CT molecular complexity index is 439. The fourth-order valence-electron chi connectivity index (χ4n) is 1.30. The number of hydrogen-bond donors (Lipinski definition) is 2. The second kappa shape index (κ2) is 5.38. The average Bonchev–Trinajstić information content (AvgIpc) is 2.25. The first-order valence-electron chi connectivity index (χ1n) is 4.84. The van der Waals surface area contributed by atoms with Gasteiger partial charge in [-0.1, -0.05) is 18.5 Å². The highest BCUT2D eigenvalue weighted by Gasteiger charge is 2.14. The predicted octanol–water partition coefficient (Wildman–Crippen LogP) is 1.89. The van der Waals surface area contributed by atoms with Crippen molar-refractivity contribution in [3.05, 3.63) is 28.8 Å². The molecule has 0 aliphatic rings. The number of nitrogens with two attached hydrogens (primary N) is 1. The number of hydrogen-bond acceptors (Lipinski definition) is 3. The van der Waals surface area contributed by atoms with Crippen LogP contribution in [0.5, 0.6) is 0 Å². The second-order valence-corrected chi connectivity index (χ2v) is 3.75. The molecule has 16 heavy (non-hydrogen) atoms. The van der Waals surface area contributed by atoms with Crippen molar-refractivity contribution in [1.82, 2.24) is 0 Å². The number of amides is 1.